The first kappa shape index (κ1) is 12.4. The summed E-state index contributed by atoms with van der Waals surface area (Å²) in [7, 11) is 0. The van der Waals surface area contributed by atoms with Crippen molar-refractivity contribution >= 4 is 11.6 Å². The highest BCUT2D eigenvalue weighted by Gasteiger charge is 2.30. The van der Waals surface area contributed by atoms with Gasteiger partial charge in [-0.2, -0.15) is 0 Å². The van der Waals surface area contributed by atoms with Crippen molar-refractivity contribution in [2.45, 2.75) is 49.9 Å². The van der Waals surface area contributed by atoms with E-state index in [0.717, 1.165) is 19.5 Å². The Kier molecular flexibility index (Phi) is 4.68. The van der Waals surface area contributed by atoms with Crippen LogP contribution in [-0.4, -0.2) is 41.1 Å². The molecule has 92 valence electrons. The lowest BCUT2D eigenvalue weighted by Gasteiger charge is -2.29. The Hall–Kier alpha value is -0.0500. The van der Waals surface area contributed by atoms with Gasteiger partial charge in [-0.1, -0.05) is 11.6 Å². The molecule has 0 amide bonds. The molecule has 2 aliphatic rings. The fourth-order valence-corrected chi connectivity index (χ4v) is 3.17. The molecule has 2 atom stereocenters. The molecule has 0 aromatic heterocycles. The number of aliphatic hydroxyl groups is 1. The van der Waals surface area contributed by atoms with Gasteiger partial charge in [0.05, 0.1) is 12.0 Å². The molecule has 0 aromatic rings. The number of aliphatic hydroxyl groups excluding tert-OH is 1. The molecule has 1 fully saturated rings. The molecule has 2 rings (SSSR count). The van der Waals surface area contributed by atoms with Crippen LogP contribution in [0.4, 0.5) is 0 Å². The van der Waals surface area contributed by atoms with Gasteiger partial charge in [-0.05, 0) is 45.1 Å². The number of hydrogen-bond donors (Lipinski definition) is 1. The molecule has 2 unspecified atom stereocenters. The third-order valence-electron chi connectivity index (χ3n) is 3.80. The zero-order valence-corrected chi connectivity index (χ0v) is 10.6. The Labute approximate surface area is 103 Å². The largest absolute Gasteiger partial charge is 0.395 e. The standard InChI is InChI=1S/C13H22ClNO/c14-12(10-16)13-7-4-8-15(13)9-11-5-2-1-3-6-11/h5,12-13,16H,1-4,6-10H2. The quantitative estimate of drug-likeness (QED) is 0.606. The Morgan fingerprint density at radius 2 is 2.31 bits per heavy atom. The van der Waals surface area contributed by atoms with E-state index in [9.17, 15) is 0 Å². The van der Waals surface area contributed by atoms with Crippen molar-refractivity contribution in [1.29, 1.82) is 0 Å². The zero-order chi connectivity index (χ0) is 11.4. The van der Waals surface area contributed by atoms with Gasteiger partial charge in [0, 0.05) is 12.6 Å². The van der Waals surface area contributed by atoms with E-state index in [1.165, 1.54) is 32.1 Å². The minimum absolute atomic E-state index is 0.0910. The maximum absolute atomic E-state index is 9.15. The van der Waals surface area contributed by atoms with E-state index in [1.807, 2.05) is 0 Å². The molecule has 16 heavy (non-hydrogen) atoms. The van der Waals surface area contributed by atoms with Crippen molar-refractivity contribution in [2.75, 3.05) is 19.7 Å². The van der Waals surface area contributed by atoms with Crippen molar-refractivity contribution in [1.82, 2.24) is 4.90 Å². The van der Waals surface area contributed by atoms with Crippen molar-refractivity contribution in [3.05, 3.63) is 11.6 Å². The molecule has 3 heteroatoms. The van der Waals surface area contributed by atoms with Crippen LogP contribution in [0.3, 0.4) is 0 Å². The number of nitrogens with zero attached hydrogens (tertiary/aromatic N) is 1. The van der Waals surface area contributed by atoms with Gasteiger partial charge in [0.25, 0.3) is 0 Å². The van der Waals surface area contributed by atoms with E-state index in [1.54, 1.807) is 5.57 Å². The minimum Gasteiger partial charge on any atom is -0.395 e. The fraction of sp³-hybridized carbons (Fsp3) is 0.846. The first-order chi connectivity index (χ1) is 7.81. The summed E-state index contributed by atoms with van der Waals surface area (Å²) < 4.78 is 0. The predicted octanol–water partition coefficient (Wildman–Crippen LogP) is 2.55. The maximum Gasteiger partial charge on any atom is 0.0722 e. The average Bonchev–Trinajstić information content (AvgIpc) is 2.77. The van der Waals surface area contributed by atoms with Crippen molar-refractivity contribution in [2.24, 2.45) is 0 Å². The normalized spacial score (nSPS) is 29.1. The van der Waals surface area contributed by atoms with Gasteiger partial charge < -0.3 is 5.11 Å². The third kappa shape index (κ3) is 2.99. The van der Waals surface area contributed by atoms with Crippen LogP contribution in [-0.2, 0) is 0 Å². The fourth-order valence-electron chi connectivity index (χ4n) is 2.89. The van der Waals surface area contributed by atoms with Gasteiger partial charge >= 0.3 is 0 Å². The number of allylic oxidation sites excluding steroid dienone is 1. The average molecular weight is 244 g/mol. The van der Waals surface area contributed by atoms with Crippen LogP contribution in [0, 0.1) is 0 Å². The summed E-state index contributed by atoms with van der Waals surface area (Å²) in [4.78, 5) is 2.46. The van der Waals surface area contributed by atoms with E-state index in [-0.39, 0.29) is 12.0 Å². The third-order valence-corrected chi connectivity index (χ3v) is 4.23. The van der Waals surface area contributed by atoms with Crippen LogP contribution in [0.15, 0.2) is 11.6 Å². The van der Waals surface area contributed by atoms with Crippen LogP contribution in [0.5, 0.6) is 0 Å². The highest BCUT2D eigenvalue weighted by atomic mass is 35.5. The van der Waals surface area contributed by atoms with E-state index in [2.05, 4.69) is 11.0 Å². The molecule has 1 heterocycles. The summed E-state index contributed by atoms with van der Waals surface area (Å²) in [5.41, 5.74) is 1.58. The Morgan fingerprint density at radius 3 is 3.00 bits per heavy atom. The summed E-state index contributed by atoms with van der Waals surface area (Å²) in [6.07, 6.45) is 9.97. The molecule has 2 nitrogen and oxygen atoms in total. The van der Waals surface area contributed by atoms with Gasteiger partial charge in [0.2, 0.25) is 0 Å². The Balaban J connectivity index is 1.90. The highest BCUT2D eigenvalue weighted by Crippen LogP contribution is 2.26. The van der Waals surface area contributed by atoms with Gasteiger partial charge in [0.15, 0.2) is 0 Å². The second-order valence-corrected chi connectivity index (χ2v) is 5.55. The summed E-state index contributed by atoms with van der Waals surface area (Å²) >= 11 is 6.17. The first-order valence-electron chi connectivity index (χ1n) is 6.48. The summed E-state index contributed by atoms with van der Waals surface area (Å²) in [5, 5.41) is 9.05. The van der Waals surface area contributed by atoms with Crippen molar-refractivity contribution in [3.8, 4) is 0 Å². The van der Waals surface area contributed by atoms with Crippen LogP contribution < -0.4 is 0 Å². The second kappa shape index (κ2) is 6.04. The van der Waals surface area contributed by atoms with E-state index >= 15 is 0 Å². The first-order valence-corrected chi connectivity index (χ1v) is 6.92. The Bertz CT molecular complexity index is 254. The van der Waals surface area contributed by atoms with Gasteiger partial charge in [0.1, 0.15) is 0 Å². The van der Waals surface area contributed by atoms with Gasteiger partial charge in [-0.3, -0.25) is 4.90 Å². The SMILES string of the molecule is OCC(Cl)C1CCCN1CC1=CCCCC1. The molecule has 0 radical (unpaired) electrons. The van der Waals surface area contributed by atoms with Crippen LogP contribution in [0.25, 0.3) is 0 Å². The lowest BCUT2D eigenvalue weighted by atomic mass is 9.99. The molecule has 1 saturated heterocycles. The lowest BCUT2D eigenvalue weighted by Crippen LogP contribution is -2.39. The van der Waals surface area contributed by atoms with E-state index in [4.69, 9.17) is 16.7 Å². The molecular weight excluding hydrogens is 222 g/mol. The molecule has 0 spiro atoms. The monoisotopic (exact) mass is 243 g/mol. The second-order valence-electron chi connectivity index (χ2n) is 4.99. The number of hydrogen-bond acceptors (Lipinski definition) is 2. The van der Waals surface area contributed by atoms with Gasteiger partial charge in [-0.15, -0.1) is 11.6 Å². The molecule has 0 bridgehead atoms. The number of halogens is 1. The molecule has 0 aromatic carbocycles. The number of rotatable bonds is 4. The van der Waals surface area contributed by atoms with Crippen LogP contribution in [0.2, 0.25) is 0 Å². The number of alkyl halides is 1. The molecule has 1 aliphatic carbocycles. The number of likely N-dealkylation sites (tertiary alicyclic amines) is 1. The minimum atomic E-state index is -0.0910. The summed E-state index contributed by atoms with van der Waals surface area (Å²) in [6.45, 7) is 2.32. The lowest BCUT2D eigenvalue weighted by molar-refractivity contribution is 0.208. The zero-order valence-electron chi connectivity index (χ0n) is 9.87. The topological polar surface area (TPSA) is 23.5 Å². The molecular formula is C13H22ClNO. The summed E-state index contributed by atoms with van der Waals surface area (Å²) in [5.74, 6) is 0. The Morgan fingerprint density at radius 1 is 1.44 bits per heavy atom. The summed E-state index contributed by atoms with van der Waals surface area (Å²) in [6, 6.07) is 0.384. The van der Waals surface area contributed by atoms with Crippen LogP contribution in [0.1, 0.15) is 38.5 Å². The molecule has 1 aliphatic heterocycles. The molecule has 1 N–H and O–H groups in total. The smallest absolute Gasteiger partial charge is 0.0722 e. The highest BCUT2D eigenvalue weighted by molar-refractivity contribution is 6.21. The van der Waals surface area contributed by atoms with E-state index in [0.29, 0.717) is 6.04 Å². The molecule has 0 saturated carbocycles. The van der Waals surface area contributed by atoms with Gasteiger partial charge in [-0.25, -0.2) is 0 Å². The van der Waals surface area contributed by atoms with Crippen molar-refractivity contribution < 1.29 is 5.11 Å². The predicted molar refractivity (Wildman–Crippen MR) is 67.9 cm³/mol. The maximum atomic E-state index is 9.15. The van der Waals surface area contributed by atoms with Crippen molar-refractivity contribution in [3.63, 3.8) is 0 Å². The van der Waals surface area contributed by atoms with Crippen LogP contribution >= 0.6 is 11.6 Å². The van der Waals surface area contributed by atoms with E-state index < -0.39 is 0 Å².